The van der Waals surface area contributed by atoms with Crippen LogP contribution in [0.5, 0.6) is 11.5 Å². The largest absolute Gasteiger partial charge is 0.493 e. The van der Waals surface area contributed by atoms with Gasteiger partial charge in [-0.05, 0) is 66.8 Å². The molecule has 2 aromatic carbocycles. The maximum absolute atomic E-state index is 13.1. The standard InChI is InChI=1S/C25H28N2O6S2/c1-5-17(2)27(25(29)24-7-6-14-34-24)16-19-8-13-22(32-4)23(15-19)33-35(30,31)21-11-9-20(10-12-21)26-18(3)28/h6-15,17H,5,16H2,1-4H3,(H,26,28)/t17-/m1/s1. The van der Waals surface area contributed by atoms with Gasteiger partial charge in [-0.2, -0.15) is 8.42 Å². The molecular formula is C25H28N2O6S2. The van der Waals surface area contributed by atoms with Gasteiger partial charge in [0.25, 0.3) is 5.91 Å². The van der Waals surface area contributed by atoms with Crippen LogP contribution in [0.2, 0.25) is 0 Å². The van der Waals surface area contributed by atoms with Gasteiger partial charge in [-0.3, -0.25) is 9.59 Å². The highest BCUT2D eigenvalue weighted by molar-refractivity contribution is 7.87. The van der Waals surface area contributed by atoms with E-state index in [4.69, 9.17) is 8.92 Å². The van der Waals surface area contributed by atoms with Gasteiger partial charge >= 0.3 is 10.1 Å². The minimum Gasteiger partial charge on any atom is -0.493 e. The quantitative estimate of drug-likeness (QED) is 0.384. The molecule has 3 aromatic rings. The molecule has 0 fully saturated rings. The van der Waals surface area contributed by atoms with Gasteiger partial charge in [-0.1, -0.05) is 19.1 Å². The van der Waals surface area contributed by atoms with Gasteiger partial charge in [-0.15, -0.1) is 11.3 Å². The van der Waals surface area contributed by atoms with Crippen LogP contribution in [0, 0.1) is 0 Å². The molecule has 0 unspecified atom stereocenters. The van der Waals surface area contributed by atoms with E-state index in [1.54, 1.807) is 29.2 Å². The molecule has 0 aliphatic heterocycles. The Balaban J connectivity index is 1.87. The average Bonchev–Trinajstić information content (AvgIpc) is 3.36. The van der Waals surface area contributed by atoms with Crippen LogP contribution in [-0.4, -0.2) is 38.3 Å². The van der Waals surface area contributed by atoms with E-state index in [0.29, 0.717) is 16.1 Å². The Kier molecular flexibility index (Phi) is 8.52. The zero-order valence-corrected chi connectivity index (χ0v) is 21.6. The number of nitrogens with one attached hydrogen (secondary N) is 1. The average molecular weight is 517 g/mol. The Bertz CT molecular complexity index is 1270. The molecule has 0 aliphatic carbocycles. The predicted octanol–water partition coefficient (Wildman–Crippen LogP) is 4.92. The number of hydrogen-bond acceptors (Lipinski definition) is 7. The summed E-state index contributed by atoms with van der Waals surface area (Å²) in [7, 11) is -2.76. The highest BCUT2D eigenvalue weighted by Gasteiger charge is 2.24. The summed E-state index contributed by atoms with van der Waals surface area (Å²) in [6.07, 6.45) is 0.763. The molecule has 0 aliphatic rings. The summed E-state index contributed by atoms with van der Waals surface area (Å²) in [5.41, 5.74) is 1.17. The van der Waals surface area contributed by atoms with Gasteiger partial charge in [0.2, 0.25) is 5.91 Å². The number of ether oxygens (including phenoxy) is 1. The molecule has 0 spiro atoms. The zero-order chi connectivity index (χ0) is 25.6. The van der Waals surface area contributed by atoms with Gasteiger partial charge in [0.15, 0.2) is 11.5 Å². The number of hydrogen-bond donors (Lipinski definition) is 1. The Hall–Kier alpha value is -3.37. The number of rotatable bonds is 10. The fourth-order valence-corrected chi connectivity index (χ4v) is 4.96. The van der Waals surface area contributed by atoms with Gasteiger partial charge < -0.3 is 19.1 Å². The van der Waals surface area contributed by atoms with Crippen molar-refractivity contribution >= 4 is 39.0 Å². The minimum absolute atomic E-state index is 0.0172. The summed E-state index contributed by atoms with van der Waals surface area (Å²) < 4.78 is 36.6. The lowest BCUT2D eigenvalue weighted by Crippen LogP contribution is -2.37. The molecule has 0 saturated carbocycles. The summed E-state index contributed by atoms with van der Waals surface area (Å²) in [5, 5.41) is 4.44. The van der Waals surface area contributed by atoms with Crippen molar-refractivity contribution in [3.8, 4) is 11.5 Å². The second-order valence-electron chi connectivity index (χ2n) is 7.90. The normalized spacial score (nSPS) is 12.0. The first-order valence-corrected chi connectivity index (χ1v) is 13.3. The summed E-state index contributed by atoms with van der Waals surface area (Å²) >= 11 is 1.38. The molecule has 2 amide bonds. The number of benzene rings is 2. The maximum atomic E-state index is 13.1. The molecule has 10 heteroatoms. The number of amides is 2. The third-order valence-corrected chi connectivity index (χ3v) is 7.47. The number of anilines is 1. The number of nitrogens with zero attached hydrogens (tertiary/aromatic N) is 1. The van der Waals surface area contributed by atoms with Crippen molar-refractivity contribution in [3.05, 3.63) is 70.4 Å². The third kappa shape index (κ3) is 6.61. The van der Waals surface area contributed by atoms with Crippen LogP contribution >= 0.6 is 11.3 Å². The van der Waals surface area contributed by atoms with Crippen molar-refractivity contribution in [2.45, 2.75) is 44.7 Å². The molecule has 0 saturated heterocycles. The number of methoxy groups -OCH3 is 1. The first kappa shape index (κ1) is 26.2. The van der Waals surface area contributed by atoms with E-state index in [0.717, 1.165) is 6.42 Å². The van der Waals surface area contributed by atoms with Crippen LogP contribution in [0.1, 0.15) is 42.4 Å². The zero-order valence-electron chi connectivity index (χ0n) is 20.0. The predicted molar refractivity (Wildman–Crippen MR) is 135 cm³/mol. The fraction of sp³-hybridized carbons (Fsp3) is 0.280. The van der Waals surface area contributed by atoms with Crippen LogP contribution in [0.3, 0.4) is 0 Å². The highest BCUT2D eigenvalue weighted by Crippen LogP contribution is 2.32. The number of thiophene rings is 1. The van der Waals surface area contributed by atoms with Gasteiger partial charge in [0, 0.05) is 25.2 Å². The maximum Gasteiger partial charge on any atom is 0.339 e. The first-order valence-electron chi connectivity index (χ1n) is 11.0. The van der Waals surface area contributed by atoms with Crippen LogP contribution < -0.4 is 14.2 Å². The van der Waals surface area contributed by atoms with Crippen LogP contribution in [0.4, 0.5) is 5.69 Å². The Morgan fingerprint density at radius 1 is 1.09 bits per heavy atom. The second kappa shape index (κ2) is 11.4. The summed E-state index contributed by atoms with van der Waals surface area (Å²) in [4.78, 5) is 26.6. The molecule has 186 valence electrons. The molecule has 1 aromatic heterocycles. The molecule has 1 atom stereocenters. The van der Waals surface area contributed by atoms with E-state index in [2.05, 4.69) is 5.32 Å². The highest BCUT2D eigenvalue weighted by atomic mass is 32.2. The first-order chi connectivity index (χ1) is 16.6. The molecule has 8 nitrogen and oxygen atoms in total. The Morgan fingerprint density at radius 2 is 1.80 bits per heavy atom. The van der Waals surface area contributed by atoms with Crippen LogP contribution in [0.15, 0.2) is 64.9 Å². The lowest BCUT2D eigenvalue weighted by Gasteiger charge is -2.28. The van der Waals surface area contributed by atoms with Crippen molar-refractivity contribution in [3.63, 3.8) is 0 Å². The molecule has 1 heterocycles. The van der Waals surface area contributed by atoms with E-state index < -0.39 is 10.1 Å². The SMILES string of the molecule is CC[C@@H](C)N(Cc1ccc(OC)c(OS(=O)(=O)c2ccc(NC(C)=O)cc2)c1)C(=O)c1cccs1. The lowest BCUT2D eigenvalue weighted by molar-refractivity contribution is -0.114. The molecular weight excluding hydrogens is 488 g/mol. The fourth-order valence-electron chi connectivity index (χ4n) is 3.35. The van der Waals surface area contributed by atoms with E-state index in [1.807, 2.05) is 25.3 Å². The van der Waals surface area contributed by atoms with Crippen molar-refractivity contribution in [2.24, 2.45) is 0 Å². The van der Waals surface area contributed by atoms with Crippen LogP contribution in [-0.2, 0) is 21.5 Å². The smallest absolute Gasteiger partial charge is 0.339 e. The van der Waals surface area contributed by atoms with Crippen molar-refractivity contribution in [2.75, 3.05) is 12.4 Å². The van der Waals surface area contributed by atoms with E-state index in [1.165, 1.54) is 49.6 Å². The Morgan fingerprint density at radius 3 is 2.37 bits per heavy atom. The summed E-state index contributed by atoms with van der Waals surface area (Å²) in [6.45, 7) is 5.62. The molecule has 1 N–H and O–H groups in total. The monoisotopic (exact) mass is 516 g/mol. The molecule has 3 rings (SSSR count). The van der Waals surface area contributed by atoms with E-state index in [-0.39, 0.29) is 40.8 Å². The summed E-state index contributed by atoms with van der Waals surface area (Å²) in [5.74, 6) is -0.0857. The number of carbonyl (C=O) groups excluding carboxylic acids is 2. The van der Waals surface area contributed by atoms with Crippen molar-refractivity contribution in [1.82, 2.24) is 4.90 Å². The lowest BCUT2D eigenvalue weighted by atomic mass is 10.1. The van der Waals surface area contributed by atoms with Gasteiger partial charge in [0.05, 0.1) is 12.0 Å². The second-order valence-corrected chi connectivity index (χ2v) is 10.4. The van der Waals surface area contributed by atoms with E-state index in [9.17, 15) is 18.0 Å². The molecule has 0 radical (unpaired) electrons. The minimum atomic E-state index is -4.18. The van der Waals surface area contributed by atoms with Gasteiger partial charge in [-0.25, -0.2) is 0 Å². The third-order valence-electron chi connectivity index (χ3n) is 5.36. The van der Waals surface area contributed by atoms with Crippen molar-refractivity contribution < 1.29 is 26.9 Å². The summed E-state index contributed by atoms with van der Waals surface area (Å²) in [6, 6.07) is 14.2. The topological polar surface area (TPSA) is 102 Å². The van der Waals surface area contributed by atoms with E-state index >= 15 is 0 Å². The Labute approximate surface area is 209 Å². The molecule has 0 bridgehead atoms. The molecule has 35 heavy (non-hydrogen) atoms. The van der Waals surface area contributed by atoms with Crippen LogP contribution in [0.25, 0.3) is 0 Å². The van der Waals surface area contributed by atoms with Gasteiger partial charge in [0.1, 0.15) is 4.90 Å². The van der Waals surface area contributed by atoms with Crippen molar-refractivity contribution in [1.29, 1.82) is 0 Å². The number of carbonyl (C=O) groups is 2.